The largest absolute Gasteiger partial charge is 0.333 e. The Morgan fingerprint density at radius 3 is 2.48 bits per heavy atom. The van der Waals surface area contributed by atoms with E-state index in [2.05, 4.69) is 10.6 Å². The number of nitrogens with zero attached hydrogens (tertiary/aromatic N) is 3. The van der Waals surface area contributed by atoms with Crippen LogP contribution in [0, 0.1) is 6.92 Å². The smallest absolute Gasteiger partial charge is 0.321 e. The highest BCUT2D eigenvalue weighted by molar-refractivity contribution is 6.21. The van der Waals surface area contributed by atoms with E-state index >= 15 is 0 Å². The number of hydrogen-bond acceptors (Lipinski definition) is 5. The molecule has 2 heterocycles. The van der Waals surface area contributed by atoms with E-state index < -0.39 is 24.1 Å². The molecule has 0 bridgehead atoms. The van der Waals surface area contributed by atoms with Crippen molar-refractivity contribution < 1.29 is 19.2 Å². The summed E-state index contributed by atoms with van der Waals surface area (Å²) in [5.41, 5.74) is 4.00. The molecule has 2 N–H and O–H groups in total. The molecule has 0 aliphatic carbocycles. The monoisotopic (exact) mass is 537 g/mol. The number of hydrogen-bond donors (Lipinski definition) is 2. The first-order valence-corrected chi connectivity index (χ1v) is 13.3. The predicted molar refractivity (Wildman–Crippen MR) is 153 cm³/mol. The lowest BCUT2D eigenvalue weighted by Gasteiger charge is -2.28. The van der Waals surface area contributed by atoms with Gasteiger partial charge < -0.3 is 20.4 Å². The zero-order chi connectivity index (χ0) is 28.2. The number of benzodiazepines with no additional fused rings is 1. The number of likely N-dealkylation sites (tertiary alicyclic amines) is 1. The van der Waals surface area contributed by atoms with Gasteiger partial charge in [-0.25, -0.2) is 9.79 Å². The molecule has 5 rings (SSSR count). The van der Waals surface area contributed by atoms with Crippen molar-refractivity contribution in [2.45, 2.75) is 38.9 Å². The third-order valence-electron chi connectivity index (χ3n) is 7.14. The summed E-state index contributed by atoms with van der Waals surface area (Å²) >= 11 is 0. The van der Waals surface area contributed by atoms with Gasteiger partial charge in [0.1, 0.15) is 0 Å². The number of benzene rings is 3. The normalized spacial score (nSPS) is 18.4. The minimum atomic E-state index is -1.30. The molecule has 0 saturated carbocycles. The van der Waals surface area contributed by atoms with Gasteiger partial charge in [-0.05, 0) is 43.5 Å². The van der Waals surface area contributed by atoms with Crippen LogP contribution in [-0.2, 0) is 14.4 Å². The molecule has 0 spiro atoms. The van der Waals surface area contributed by atoms with E-state index in [1.165, 1.54) is 11.8 Å². The standard InChI is InChI=1S/C31H31N5O4/c1-20-10-8-13-23(18-20)32-31(40)34-29-30(39)36(19-27(38)26-16-9-17-35(26)21(2)37)25-15-7-6-14-24(25)28(33-29)22-11-4-3-5-12-22/h3-8,10-15,18,26,29H,9,16-17,19H2,1-2H3,(H2,32,34,40). The molecule has 3 aromatic carbocycles. The lowest BCUT2D eigenvalue weighted by molar-refractivity contribution is -0.135. The van der Waals surface area contributed by atoms with Crippen molar-refractivity contribution in [2.24, 2.45) is 4.99 Å². The van der Waals surface area contributed by atoms with E-state index in [9.17, 15) is 19.2 Å². The minimum Gasteiger partial charge on any atom is -0.333 e. The number of rotatable bonds is 6. The fraction of sp³-hybridized carbons (Fsp3) is 0.258. The van der Waals surface area contributed by atoms with Crippen molar-refractivity contribution >= 4 is 40.7 Å². The van der Waals surface area contributed by atoms with Gasteiger partial charge in [0.15, 0.2) is 5.78 Å². The van der Waals surface area contributed by atoms with Crippen molar-refractivity contribution in [1.82, 2.24) is 10.2 Å². The highest BCUT2D eigenvalue weighted by Crippen LogP contribution is 2.29. The van der Waals surface area contributed by atoms with Crippen LogP contribution in [0.5, 0.6) is 0 Å². The average Bonchev–Trinajstić information content (AvgIpc) is 3.41. The molecule has 4 amide bonds. The van der Waals surface area contributed by atoms with E-state index in [4.69, 9.17) is 4.99 Å². The van der Waals surface area contributed by atoms with Crippen molar-refractivity contribution in [1.29, 1.82) is 0 Å². The van der Waals surface area contributed by atoms with Gasteiger partial charge in [-0.1, -0.05) is 60.7 Å². The van der Waals surface area contributed by atoms with E-state index in [0.717, 1.165) is 17.5 Å². The molecule has 2 aliphatic heterocycles. The summed E-state index contributed by atoms with van der Waals surface area (Å²) in [5, 5.41) is 5.47. The summed E-state index contributed by atoms with van der Waals surface area (Å²) < 4.78 is 0. The first-order valence-electron chi connectivity index (χ1n) is 13.3. The van der Waals surface area contributed by atoms with Crippen LogP contribution in [0.1, 0.15) is 36.5 Å². The Morgan fingerprint density at radius 2 is 1.73 bits per heavy atom. The Labute approximate surface area is 232 Å². The Balaban J connectivity index is 1.51. The number of para-hydroxylation sites is 1. The molecule has 2 aliphatic rings. The number of carbonyl (C=O) groups is 4. The topological polar surface area (TPSA) is 111 Å². The molecule has 1 saturated heterocycles. The first-order chi connectivity index (χ1) is 19.3. The average molecular weight is 538 g/mol. The van der Waals surface area contributed by atoms with Crippen LogP contribution in [0.25, 0.3) is 0 Å². The predicted octanol–water partition coefficient (Wildman–Crippen LogP) is 3.91. The lowest BCUT2D eigenvalue weighted by atomic mass is 10.00. The number of aliphatic imine (C=N–C) groups is 1. The molecule has 1 fully saturated rings. The van der Waals surface area contributed by atoms with Crippen LogP contribution in [0.3, 0.4) is 0 Å². The number of anilines is 2. The maximum absolute atomic E-state index is 14.0. The van der Waals surface area contributed by atoms with Gasteiger partial charge in [0, 0.05) is 30.3 Å². The second kappa shape index (κ2) is 11.5. The Hall–Kier alpha value is -4.79. The Kier molecular flexibility index (Phi) is 7.72. The van der Waals surface area contributed by atoms with E-state index in [1.54, 1.807) is 23.1 Å². The summed E-state index contributed by atoms with van der Waals surface area (Å²) in [6.45, 7) is 3.63. The molecule has 0 radical (unpaired) electrons. The fourth-order valence-electron chi connectivity index (χ4n) is 5.27. The van der Waals surface area contributed by atoms with Gasteiger partial charge in [-0.2, -0.15) is 0 Å². The van der Waals surface area contributed by atoms with E-state index in [1.807, 2.05) is 67.6 Å². The van der Waals surface area contributed by atoms with Crippen LogP contribution < -0.4 is 15.5 Å². The maximum Gasteiger partial charge on any atom is 0.321 e. The van der Waals surface area contributed by atoms with Crippen LogP contribution in [-0.4, -0.2) is 59.5 Å². The molecule has 9 nitrogen and oxygen atoms in total. The molecule has 3 aromatic rings. The second-order valence-corrected chi connectivity index (χ2v) is 9.99. The number of ketones is 1. The van der Waals surface area contributed by atoms with Crippen LogP contribution in [0.4, 0.5) is 16.2 Å². The van der Waals surface area contributed by atoms with Crippen molar-refractivity contribution in [3.05, 3.63) is 95.6 Å². The number of nitrogens with one attached hydrogen (secondary N) is 2. The molecular formula is C31H31N5O4. The number of aryl methyl sites for hydroxylation is 1. The summed E-state index contributed by atoms with van der Waals surface area (Å²) in [4.78, 5) is 60.4. The van der Waals surface area contributed by atoms with Gasteiger partial charge in [-0.15, -0.1) is 0 Å². The lowest BCUT2D eigenvalue weighted by Crippen LogP contribution is -2.52. The maximum atomic E-state index is 14.0. The fourth-order valence-corrected chi connectivity index (χ4v) is 5.27. The van der Waals surface area contributed by atoms with Gasteiger partial charge in [-0.3, -0.25) is 14.4 Å². The van der Waals surface area contributed by atoms with Crippen molar-refractivity contribution in [3.63, 3.8) is 0 Å². The highest BCUT2D eigenvalue weighted by atomic mass is 16.2. The number of fused-ring (bicyclic) bond motifs is 1. The van der Waals surface area contributed by atoms with Crippen LogP contribution >= 0.6 is 0 Å². The zero-order valence-electron chi connectivity index (χ0n) is 22.5. The molecule has 204 valence electrons. The van der Waals surface area contributed by atoms with Crippen LogP contribution in [0.2, 0.25) is 0 Å². The first kappa shape index (κ1) is 26.8. The zero-order valence-corrected chi connectivity index (χ0v) is 22.5. The van der Waals surface area contributed by atoms with E-state index in [-0.39, 0.29) is 18.2 Å². The molecule has 9 heteroatoms. The van der Waals surface area contributed by atoms with Crippen molar-refractivity contribution in [2.75, 3.05) is 23.3 Å². The molecular weight excluding hydrogens is 506 g/mol. The number of amides is 4. The van der Waals surface area contributed by atoms with Crippen LogP contribution in [0.15, 0.2) is 83.9 Å². The third kappa shape index (κ3) is 5.63. The number of urea groups is 1. The molecule has 2 atom stereocenters. The van der Waals surface area contributed by atoms with Crippen molar-refractivity contribution in [3.8, 4) is 0 Å². The Morgan fingerprint density at radius 1 is 0.975 bits per heavy atom. The Bertz CT molecular complexity index is 1490. The third-order valence-corrected chi connectivity index (χ3v) is 7.14. The summed E-state index contributed by atoms with van der Waals surface area (Å²) in [6, 6.07) is 22.8. The van der Waals surface area contributed by atoms with Gasteiger partial charge in [0.05, 0.1) is 24.0 Å². The van der Waals surface area contributed by atoms with Gasteiger partial charge in [0.2, 0.25) is 12.1 Å². The second-order valence-electron chi connectivity index (χ2n) is 9.99. The highest BCUT2D eigenvalue weighted by Gasteiger charge is 2.38. The molecule has 0 aromatic heterocycles. The minimum absolute atomic E-state index is 0.166. The number of carbonyl (C=O) groups excluding carboxylic acids is 4. The van der Waals surface area contributed by atoms with E-state index in [0.29, 0.717) is 35.6 Å². The van der Waals surface area contributed by atoms with Gasteiger partial charge >= 0.3 is 6.03 Å². The molecule has 40 heavy (non-hydrogen) atoms. The quantitative estimate of drug-likeness (QED) is 0.497. The SMILES string of the molecule is CC(=O)N1CCCC1C(=O)CN1C(=O)C(NC(=O)Nc2cccc(C)c2)N=C(c2ccccc2)c2ccccc21. The summed E-state index contributed by atoms with van der Waals surface area (Å²) in [7, 11) is 0. The molecule has 2 unspecified atom stereocenters. The number of Topliss-reactive ketones (excluding diaryl/α,β-unsaturated/α-hetero) is 1. The van der Waals surface area contributed by atoms with Gasteiger partial charge in [0.25, 0.3) is 5.91 Å². The summed E-state index contributed by atoms with van der Waals surface area (Å²) in [5.74, 6) is -0.944. The summed E-state index contributed by atoms with van der Waals surface area (Å²) in [6.07, 6.45) is -0.0211.